The van der Waals surface area contributed by atoms with Crippen molar-refractivity contribution in [2.45, 2.75) is 64.8 Å². The van der Waals surface area contributed by atoms with Crippen LogP contribution in [0.25, 0.3) is 0 Å². The lowest BCUT2D eigenvalue weighted by atomic mass is 10.2. The standard InChI is InChI=1S/C14H24O2Si/c1-9-12-17(8,15-13(4,5)10-2)16-14(6,7)11-3/h2-3H,9,12H2,1,4-8H3. The molecule has 96 valence electrons. The topological polar surface area (TPSA) is 18.5 Å². The molecule has 0 unspecified atom stereocenters. The molecule has 0 aromatic heterocycles. The lowest BCUT2D eigenvalue weighted by Gasteiger charge is -2.37. The first-order chi connectivity index (χ1) is 7.60. The van der Waals surface area contributed by atoms with Gasteiger partial charge in [-0.2, -0.15) is 0 Å². The molecule has 0 N–H and O–H groups in total. The quantitative estimate of drug-likeness (QED) is 0.533. The smallest absolute Gasteiger partial charge is 0.337 e. The highest BCUT2D eigenvalue weighted by atomic mass is 28.4. The molecular weight excluding hydrogens is 228 g/mol. The van der Waals surface area contributed by atoms with Gasteiger partial charge in [-0.1, -0.05) is 25.2 Å². The van der Waals surface area contributed by atoms with Gasteiger partial charge in [0.2, 0.25) is 0 Å². The van der Waals surface area contributed by atoms with Crippen LogP contribution in [-0.4, -0.2) is 19.8 Å². The molecule has 3 heteroatoms. The fourth-order valence-corrected chi connectivity index (χ4v) is 5.15. The van der Waals surface area contributed by atoms with Crippen molar-refractivity contribution in [1.29, 1.82) is 0 Å². The summed E-state index contributed by atoms with van der Waals surface area (Å²) in [5, 5.41) is 0. The Labute approximate surface area is 107 Å². The monoisotopic (exact) mass is 252 g/mol. The third-order valence-electron chi connectivity index (χ3n) is 2.34. The van der Waals surface area contributed by atoms with E-state index in [1.54, 1.807) is 0 Å². The Morgan fingerprint density at radius 2 is 1.35 bits per heavy atom. The third-order valence-corrected chi connectivity index (χ3v) is 5.63. The molecule has 0 atom stereocenters. The predicted octanol–water partition coefficient (Wildman–Crippen LogP) is 3.33. The summed E-state index contributed by atoms with van der Waals surface area (Å²) in [6.45, 7) is 11.6. The van der Waals surface area contributed by atoms with E-state index in [2.05, 4.69) is 18.8 Å². The first-order valence-corrected chi connectivity index (χ1v) is 8.48. The largest absolute Gasteiger partial charge is 0.378 e. The van der Waals surface area contributed by atoms with E-state index < -0.39 is 19.8 Å². The van der Waals surface area contributed by atoms with Crippen LogP contribution in [0.4, 0.5) is 0 Å². The predicted molar refractivity (Wildman–Crippen MR) is 74.7 cm³/mol. The molecule has 0 bridgehead atoms. The van der Waals surface area contributed by atoms with Crippen molar-refractivity contribution < 1.29 is 8.85 Å². The molecule has 0 saturated carbocycles. The Hall–Kier alpha value is -0.743. The highest BCUT2D eigenvalue weighted by Gasteiger charge is 2.40. The van der Waals surface area contributed by atoms with Gasteiger partial charge in [-0.3, -0.25) is 0 Å². The molecule has 0 rings (SSSR count). The van der Waals surface area contributed by atoms with Gasteiger partial charge in [-0.25, -0.2) is 0 Å². The maximum absolute atomic E-state index is 6.04. The molecule has 0 fully saturated rings. The summed E-state index contributed by atoms with van der Waals surface area (Å²) in [7, 11) is -2.35. The summed E-state index contributed by atoms with van der Waals surface area (Å²) in [5.74, 6) is 5.28. The number of hydrogen-bond acceptors (Lipinski definition) is 2. The average Bonchev–Trinajstić information content (AvgIpc) is 2.16. The maximum Gasteiger partial charge on any atom is 0.337 e. The van der Waals surface area contributed by atoms with Crippen LogP contribution in [0.3, 0.4) is 0 Å². The van der Waals surface area contributed by atoms with Gasteiger partial charge < -0.3 is 8.85 Å². The third kappa shape index (κ3) is 5.93. The maximum atomic E-state index is 6.04. The highest BCUT2D eigenvalue weighted by Crippen LogP contribution is 2.27. The van der Waals surface area contributed by atoms with Crippen molar-refractivity contribution in [3.8, 4) is 24.7 Å². The minimum atomic E-state index is -2.35. The Kier molecular flexibility index (Phi) is 5.48. The molecule has 0 aliphatic rings. The van der Waals surface area contributed by atoms with Crippen molar-refractivity contribution in [3.63, 3.8) is 0 Å². The zero-order chi connectivity index (χ0) is 13.7. The molecule has 0 aromatic rings. The van der Waals surface area contributed by atoms with Crippen LogP contribution in [0, 0.1) is 24.7 Å². The summed E-state index contributed by atoms with van der Waals surface area (Å²) in [4.78, 5) is 0. The summed E-state index contributed by atoms with van der Waals surface area (Å²) < 4.78 is 12.1. The van der Waals surface area contributed by atoms with Crippen molar-refractivity contribution in [1.82, 2.24) is 0 Å². The molecule has 2 nitrogen and oxygen atoms in total. The van der Waals surface area contributed by atoms with Crippen LogP contribution >= 0.6 is 0 Å². The molecular formula is C14H24O2Si. The van der Waals surface area contributed by atoms with E-state index in [-0.39, 0.29) is 0 Å². The zero-order valence-corrected chi connectivity index (χ0v) is 12.9. The second-order valence-electron chi connectivity index (χ2n) is 5.40. The van der Waals surface area contributed by atoms with Crippen LogP contribution in [0.1, 0.15) is 41.0 Å². The van der Waals surface area contributed by atoms with Crippen LogP contribution in [-0.2, 0) is 8.85 Å². The van der Waals surface area contributed by atoms with Gasteiger partial charge in [0.15, 0.2) is 0 Å². The summed E-state index contributed by atoms with van der Waals surface area (Å²) in [6, 6.07) is 0.878. The van der Waals surface area contributed by atoms with Crippen molar-refractivity contribution in [2.24, 2.45) is 0 Å². The second-order valence-corrected chi connectivity index (χ2v) is 8.57. The summed E-state index contributed by atoms with van der Waals surface area (Å²) in [6.07, 6.45) is 11.9. The Morgan fingerprint density at radius 1 is 1.00 bits per heavy atom. The van der Waals surface area contributed by atoms with Crippen molar-refractivity contribution in [2.75, 3.05) is 0 Å². The molecule has 0 spiro atoms. The Morgan fingerprint density at radius 3 is 1.59 bits per heavy atom. The molecule has 17 heavy (non-hydrogen) atoms. The minimum Gasteiger partial charge on any atom is -0.378 e. The first kappa shape index (κ1) is 16.3. The Balaban J connectivity index is 4.95. The molecule has 0 aliphatic carbocycles. The van der Waals surface area contributed by atoms with Gasteiger partial charge >= 0.3 is 8.56 Å². The lowest BCUT2D eigenvalue weighted by Crippen LogP contribution is -2.50. The van der Waals surface area contributed by atoms with Gasteiger partial charge in [-0.05, 0) is 40.3 Å². The van der Waals surface area contributed by atoms with E-state index in [0.717, 1.165) is 12.5 Å². The van der Waals surface area contributed by atoms with Crippen LogP contribution in [0.5, 0.6) is 0 Å². The molecule has 0 amide bonds. The highest BCUT2D eigenvalue weighted by molar-refractivity contribution is 6.66. The van der Waals surface area contributed by atoms with Crippen LogP contribution < -0.4 is 0 Å². The molecule has 0 aromatic carbocycles. The Bertz CT molecular complexity index is 303. The van der Waals surface area contributed by atoms with Gasteiger partial charge in [0.1, 0.15) is 11.2 Å². The van der Waals surface area contributed by atoms with E-state index in [0.29, 0.717) is 0 Å². The van der Waals surface area contributed by atoms with Gasteiger partial charge in [0, 0.05) is 0 Å². The van der Waals surface area contributed by atoms with Gasteiger partial charge in [0.25, 0.3) is 0 Å². The van der Waals surface area contributed by atoms with Crippen LogP contribution in [0.15, 0.2) is 0 Å². The minimum absolute atomic E-state index is 0.610. The van der Waals surface area contributed by atoms with Gasteiger partial charge in [-0.15, -0.1) is 12.8 Å². The lowest BCUT2D eigenvalue weighted by molar-refractivity contribution is 0.0509. The van der Waals surface area contributed by atoms with E-state index in [1.807, 2.05) is 34.2 Å². The normalized spacial score (nSPS) is 12.9. The number of terminal acetylenes is 2. The van der Waals surface area contributed by atoms with E-state index in [4.69, 9.17) is 21.7 Å². The first-order valence-electron chi connectivity index (χ1n) is 5.95. The van der Waals surface area contributed by atoms with Crippen molar-refractivity contribution >= 4 is 8.56 Å². The fraction of sp³-hybridized carbons (Fsp3) is 0.714. The number of hydrogen-bond donors (Lipinski definition) is 0. The fourth-order valence-electron chi connectivity index (χ4n) is 1.72. The molecule has 0 aliphatic heterocycles. The summed E-state index contributed by atoms with van der Waals surface area (Å²) >= 11 is 0. The zero-order valence-electron chi connectivity index (χ0n) is 11.9. The SMILES string of the molecule is C#CC(C)(C)O[Si](C)(CCC)OC(C)(C)C#C. The molecule has 0 heterocycles. The number of rotatable bonds is 6. The second kappa shape index (κ2) is 5.73. The van der Waals surface area contributed by atoms with E-state index >= 15 is 0 Å². The molecule has 0 saturated heterocycles. The average molecular weight is 252 g/mol. The van der Waals surface area contributed by atoms with Crippen molar-refractivity contribution in [3.05, 3.63) is 0 Å². The van der Waals surface area contributed by atoms with Crippen LogP contribution in [0.2, 0.25) is 12.6 Å². The molecule has 0 radical (unpaired) electrons. The summed E-state index contributed by atoms with van der Waals surface area (Å²) in [5.41, 5.74) is -1.22. The van der Waals surface area contributed by atoms with E-state index in [9.17, 15) is 0 Å². The van der Waals surface area contributed by atoms with Gasteiger partial charge in [0.05, 0.1) is 0 Å². The van der Waals surface area contributed by atoms with E-state index in [1.165, 1.54) is 0 Å².